The van der Waals surface area contributed by atoms with E-state index in [1.54, 1.807) is 6.33 Å². The Kier molecular flexibility index (Phi) is 6.17. The van der Waals surface area contributed by atoms with Gasteiger partial charge in [0.1, 0.15) is 6.33 Å². The maximum Gasteiger partial charge on any atom is 0.116 e. The van der Waals surface area contributed by atoms with Crippen molar-refractivity contribution in [1.29, 1.82) is 0 Å². The van der Waals surface area contributed by atoms with E-state index in [1.165, 1.54) is 65.3 Å². The van der Waals surface area contributed by atoms with Crippen LogP contribution in [0.15, 0.2) is 170 Å². The van der Waals surface area contributed by atoms with E-state index in [0.717, 1.165) is 22.5 Å². The first kappa shape index (κ1) is 26.3. The molecule has 2 nitrogen and oxygen atoms in total. The second kappa shape index (κ2) is 10.8. The summed E-state index contributed by atoms with van der Waals surface area (Å²) in [6.07, 6.45) is 1.67. The molecule has 0 amide bonds. The molecule has 0 radical (unpaired) electrons. The lowest BCUT2D eigenvalue weighted by atomic mass is 9.84. The lowest BCUT2D eigenvalue weighted by Gasteiger charge is -2.19. The molecule has 214 valence electrons. The third kappa shape index (κ3) is 4.43. The van der Waals surface area contributed by atoms with Crippen LogP contribution in [0.25, 0.3) is 87.9 Å². The molecule has 0 spiro atoms. The quantitative estimate of drug-likeness (QED) is 0.192. The molecule has 0 saturated carbocycles. The number of aromatic nitrogens is 2. The van der Waals surface area contributed by atoms with Crippen molar-refractivity contribution in [2.75, 3.05) is 0 Å². The predicted octanol–water partition coefficient (Wildman–Crippen LogP) is 11.8. The molecule has 9 aromatic rings. The Bertz CT molecular complexity index is 2580. The van der Waals surface area contributed by atoms with E-state index in [2.05, 4.69) is 151 Å². The number of fused-ring (bicyclic) bond motifs is 4. The average molecular weight is 585 g/mol. The molecule has 8 aromatic carbocycles. The maximum atomic E-state index is 4.75. The molecule has 0 atom stereocenters. The number of hydrogen-bond donors (Lipinski definition) is 0. The van der Waals surface area contributed by atoms with Crippen LogP contribution in [0.3, 0.4) is 0 Å². The Morgan fingerprint density at radius 3 is 1.39 bits per heavy atom. The number of benzene rings is 8. The fourth-order valence-electron chi connectivity index (χ4n) is 6.93. The van der Waals surface area contributed by atoms with Crippen LogP contribution >= 0.6 is 0 Å². The molecule has 0 aliphatic rings. The highest BCUT2D eigenvalue weighted by molar-refractivity contribution is 6.22. The predicted molar refractivity (Wildman–Crippen MR) is 194 cm³/mol. The third-order valence-electron chi connectivity index (χ3n) is 9.13. The molecule has 46 heavy (non-hydrogen) atoms. The van der Waals surface area contributed by atoms with E-state index in [1.807, 2.05) is 18.2 Å². The van der Waals surface area contributed by atoms with E-state index < -0.39 is 0 Å². The minimum atomic E-state index is 0.903. The minimum Gasteiger partial charge on any atom is -0.236 e. The van der Waals surface area contributed by atoms with E-state index in [9.17, 15) is 0 Å². The van der Waals surface area contributed by atoms with Gasteiger partial charge >= 0.3 is 0 Å². The van der Waals surface area contributed by atoms with Crippen molar-refractivity contribution < 1.29 is 0 Å². The molecule has 0 aliphatic carbocycles. The number of rotatable bonds is 4. The first-order chi connectivity index (χ1) is 22.8. The van der Waals surface area contributed by atoms with Crippen LogP contribution in [-0.4, -0.2) is 9.97 Å². The summed E-state index contributed by atoms with van der Waals surface area (Å²) in [5.74, 6) is 0. The van der Waals surface area contributed by atoms with Crippen molar-refractivity contribution >= 4 is 43.1 Å². The van der Waals surface area contributed by atoms with Gasteiger partial charge in [-0.05, 0) is 89.6 Å². The molecule has 0 N–H and O–H groups in total. The Morgan fingerprint density at radius 1 is 0.283 bits per heavy atom. The van der Waals surface area contributed by atoms with Crippen molar-refractivity contribution in [3.63, 3.8) is 0 Å². The van der Waals surface area contributed by atoms with Crippen LogP contribution in [0.2, 0.25) is 0 Å². The molecule has 0 bridgehead atoms. The van der Waals surface area contributed by atoms with Gasteiger partial charge in [0, 0.05) is 11.1 Å². The van der Waals surface area contributed by atoms with Gasteiger partial charge in [-0.15, -0.1) is 0 Å². The molecule has 0 aliphatic heterocycles. The van der Waals surface area contributed by atoms with Crippen LogP contribution in [-0.2, 0) is 0 Å². The summed E-state index contributed by atoms with van der Waals surface area (Å²) in [5, 5.41) is 9.86. The summed E-state index contributed by atoms with van der Waals surface area (Å²) in [6, 6.07) is 58.9. The summed E-state index contributed by atoms with van der Waals surface area (Å²) >= 11 is 0. The van der Waals surface area contributed by atoms with Crippen LogP contribution in [0.5, 0.6) is 0 Å². The molecular weight excluding hydrogens is 556 g/mol. The molecule has 0 fully saturated rings. The molecule has 0 saturated heterocycles. The van der Waals surface area contributed by atoms with Crippen molar-refractivity contribution in [3.05, 3.63) is 170 Å². The molecule has 1 heterocycles. The fourth-order valence-corrected chi connectivity index (χ4v) is 6.93. The Morgan fingerprint density at radius 2 is 0.761 bits per heavy atom. The Balaban J connectivity index is 1.36. The van der Waals surface area contributed by atoms with E-state index in [4.69, 9.17) is 4.98 Å². The summed E-state index contributed by atoms with van der Waals surface area (Å²) < 4.78 is 0. The fraction of sp³-hybridized carbons (Fsp3) is 0. The van der Waals surface area contributed by atoms with Crippen molar-refractivity contribution in [2.24, 2.45) is 0 Å². The van der Waals surface area contributed by atoms with Crippen LogP contribution in [0, 0.1) is 0 Å². The van der Waals surface area contributed by atoms with Gasteiger partial charge in [0.05, 0.1) is 11.4 Å². The van der Waals surface area contributed by atoms with Crippen molar-refractivity contribution in [3.8, 4) is 44.8 Å². The summed E-state index contributed by atoms with van der Waals surface area (Å²) in [4.78, 5) is 9.35. The van der Waals surface area contributed by atoms with Gasteiger partial charge in [-0.1, -0.05) is 140 Å². The standard InChI is InChI=1S/C44H28N2/c1-2-12-31(13-3-1)41-27-42(46-28-45-41)34-22-23-39-40(26-34)44(36-21-19-30-11-5-7-15-33(30)25-36)38-17-9-8-16-37(38)43(39)35-20-18-29-10-4-6-14-32(29)24-35/h1-28H. The first-order valence-electron chi connectivity index (χ1n) is 15.6. The van der Waals surface area contributed by atoms with Crippen molar-refractivity contribution in [1.82, 2.24) is 9.97 Å². The zero-order valence-electron chi connectivity index (χ0n) is 25.1. The van der Waals surface area contributed by atoms with Crippen LogP contribution in [0.4, 0.5) is 0 Å². The summed E-state index contributed by atoms with van der Waals surface area (Å²) in [7, 11) is 0. The Labute approximate surface area is 267 Å². The lowest BCUT2D eigenvalue weighted by Crippen LogP contribution is -1.93. The van der Waals surface area contributed by atoms with E-state index in [-0.39, 0.29) is 0 Å². The van der Waals surface area contributed by atoms with E-state index in [0.29, 0.717) is 0 Å². The van der Waals surface area contributed by atoms with Gasteiger partial charge in [-0.25, -0.2) is 9.97 Å². The highest BCUT2D eigenvalue weighted by atomic mass is 14.8. The monoisotopic (exact) mass is 584 g/mol. The second-order valence-corrected chi connectivity index (χ2v) is 11.8. The first-order valence-corrected chi connectivity index (χ1v) is 15.6. The highest BCUT2D eigenvalue weighted by Crippen LogP contribution is 2.45. The zero-order chi connectivity index (χ0) is 30.5. The van der Waals surface area contributed by atoms with Gasteiger partial charge in [0.15, 0.2) is 0 Å². The highest BCUT2D eigenvalue weighted by Gasteiger charge is 2.18. The van der Waals surface area contributed by atoms with Crippen LogP contribution in [0.1, 0.15) is 0 Å². The molecule has 9 rings (SSSR count). The average Bonchev–Trinajstić information content (AvgIpc) is 3.13. The van der Waals surface area contributed by atoms with E-state index >= 15 is 0 Å². The SMILES string of the molecule is c1ccc(-c2cc(-c3ccc4c(-c5ccc6ccccc6c5)c5ccccc5c(-c5ccc6ccccc6c5)c4c3)ncn2)cc1. The van der Waals surface area contributed by atoms with Gasteiger partial charge < -0.3 is 0 Å². The normalized spacial score (nSPS) is 11.5. The minimum absolute atomic E-state index is 0.903. The number of hydrogen-bond acceptors (Lipinski definition) is 2. The Hall–Kier alpha value is -6.12. The van der Waals surface area contributed by atoms with Crippen molar-refractivity contribution in [2.45, 2.75) is 0 Å². The number of nitrogens with zero attached hydrogens (tertiary/aromatic N) is 2. The van der Waals surface area contributed by atoms with Gasteiger partial charge in [-0.3, -0.25) is 0 Å². The van der Waals surface area contributed by atoms with Crippen LogP contribution < -0.4 is 0 Å². The zero-order valence-corrected chi connectivity index (χ0v) is 25.1. The molecule has 2 heteroatoms. The summed E-state index contributed by atoms with van der Waals surface area (Å²) in [5.41, 5.74) is 8.86. The second-order valence-electron chi connectivity index (χ2n) is 11.8. The lowest BCUT2D eigenvalue weighted by molar-refractivity contribution is 1.18. The molecular formula is C44H28N2. The summed E-state index contributed by atoms with van der Waals surface area (Å²) in [6.45, 7) is 0. The van der Waals surface area contributed by atoms with Gasteiger partial charge in [0.25, 0.3) is 0 Å². The third-order valence-corrected chi connectivity index (χ3v) is 9.13. The van der Waals surface area contributed by atoms with Gasteiger partial charge in [0.2, 0.25) is 0 Å². The topological polar surface area (TPSA) is 25.8 Å². The smallest absolute Gasteiger partial charge is 0.116 e. The van der Waals surface area contributed by atoms with Gasteiger partial charge in [-0.2, -0.15) is 0 Å². The molecule has 0 unspecified atom stereocenters. The maximum absolute atomic E-state index is 4.75. The molecule has 1 aromatic heterocycles. The largest absolute Gasteiger partial charge is 0.236 e.